The Hall–Kier alpha value is -2.14. The first-order chi connectivity index (χ1) is 11.4. The van der Waals surface area contributed by atoms with Crippen LogP contribution in [-0.2, 0) is 9.59 Å². The van der Waals surface area contributed by atoms with E-state index in [9.17, 15) is 14.7 Å². The van der Waals surface area contributed by atoms with Gasteiger partial charge >= 0.3 is 0 Å². The van der Waals surface area contributed by atoms with Crippen molar-refractivity contribution in [2.45, 2.75) is 26.2 Å². The average molecular weight is 389 g/mol. The van der Waals surface area contributed by atoms with Crippen molar-refractivity contribution in [3.05, 3.63) is 64.1 Å². The van der Waals surface area contributed by atoms with E-state index in [1.54, 1.807) is 19.1 Å². The quantitative estimate of drug-likeness (QED) is 0.825. The van der Waals surface area contributed by atoms with Gasteiger partial charge in [0.1, 0.15) is 0 Å². The smallest absolute Gasteiger partial charge is 0.225 e. The molecule has 2 aromatic carbocycles. The average Bonchev–Trinajstić information content (AvgIpc) is 2.56. The van der Waals surface area contributed by atoms with E-state index >= 15 is 0 Å². The molecule has 0 saturated carbocycles. The van der Waals surface area contributed by atoms with Crippen molar-refractivity contribution in [2.24, 2.45) is 5.92 Å². The van der Waals surface area contributed by atoms with Gasteiger partial charge in [0.2, 0.25) is 5.91 Å². The van der Waals surface area contributed by atoms with Crippen molar-refractivity contribution < 1.29 is 14.7 Å². The predicted molar refractivity (Wildman–Crippen MR) is 95.5 cm³/mol. The predicted octanol–water partition coefficient (Wildman–Crippen LogP) is 3.26. The van der Waals surface area contributed by atoms with Crippen LogP contribution >= 0.6 is 15.9 Å². The Bertz CT molecular complexity index is 731. The first-order valence-corrected chi connectivity index (χ1v) is 8.49. The zero-order valence-corrected chi connectivity index (χ0v) is 15.2. The molecule has 126 valence electrons. The zero-order valence-electron chi connectivity index (χ0n) is 13.6. The maximum Gasteiger partial charge on any atom is 0.225 e. The van der Waals surface area contributed by atoms with Crippen LogP contribution in [-0.4, -0.2) is 11.9 Å². The Balaban J connectivity index is 2.08. The van der Waals surface area contributed by atoms with Gasteiger partial charge in [0.25, 0.3) is 0 Å². The van der Waals surface area contributed by atoms with E-state index in [1.807, 2.05) is 43.3 Å². The monoisotopic (exact) mass is 388 g/mol. The van der Waals surface area contributed by atoms with E-state index in [-0.39, 0.29) is 18.2 Å². The minimum atomic E-state index is -1.22. The maximum atomic E-state index is 12.2. The second-order valence-electron chi connectivity index (χ2n) is 5.84. The summed E-state index contributed by atoms with van der Waals surface area (Å²) in [6.07, 6.45) is -0.135. The molecule has 2 aromatic rings. The van der Waals surface area contributed by atoms with E-state index in [2.05, 4.69) is 21.2 Å². The van der Waals surface area contributed by atoms with Gasteiger partial charge in [-0.15, -0.1) is 0 Å². The van der Waals surface area contributed by atoms with Crippen LogP contribution < -0.4 is 10.4 Å². The van der Waals surface area contributed by atoms with Crippen LogP contribution in [0, 0.1) is 12.8 Å². The molecule has 2 rings (SSSR count). The number of carboxylic acids is 1. The molecule has 2 atom stereocenters. The van der Waals surface area contributed by atoms with Gasteiger partial charge < -0.3 is 15.2 Å². The standard InChI is InChI=1S/C19H20BrNO3/c1-12-8-9-15(10-17(12)20)21-18(22)11-16(19(23)24)13(2)14-6-4-3-5-7-14/h3-10,13,16H,11H2,1-2H3,(H,21,22)(H,23,24)/p-1/t13-,16-/m0/s1. The lowest BCUT2D eigenvalue weighted by Gasteiger charge is -2.25. The highest BCUT2D eigenvalue weighted by molar-refractivity contribution is 9.10. The number of amides is 1. The number of benzene rings is 2. The Kier molecular flexibility index (Phi) is 6.15. The molecule has 0 aliphatic heterocycles. The van der Waals surface area contributed by atoms with Crippen molar-refractivity contribution >= 4 is 33.5 Å². The summed E-state index contributed by atoms with van der Waals surface area (Å²) in [5, 5.41) is 14.2. The molecule has 0 aliphatic carbocycles. The van der Waals surface area contributed by atoms with E-state index < -0.39 is 11.9 Å². The number of carbonyl (C=O) groups is 2. The highest BCUT2D eigenvalue weighted by Crippen LogP contribution is 2.27. The number of rotatable bonds is 6. The first kappa shape index (κ1) is 18.2. The normalized spacial score (nSPS) is 13.1. The Morgan fingerprint density at radius 1 is 1.17 bits per heavy atom. The molecule has 1 amide bonds. The zero-order chi connectivity index (χ0) is 17.7. The summed E-state index contributed by atoms with van der Waals surface area (Å²) < 4.78 is 0.884. The van der Waals surface area contributed by atoms with E-state index in [0.29, 0.717) is 5.69 Å². The Morgan fingerprint density at radius 3 is 2.42 bits per heavy atom. The number of hydrogen-bond donors (Lipinski definition) is 1. The third-order valence-electron chi connectivity index (χ3n) is 4.09. The molecular formula is C19H19BrNO3-. The topological polar surface area (TPSA) is 69.2 Å². The third-order valence-corrected chi connectivity index (χ3v) is 4.95. The number of anilines is 1. The van der Waals surface area contributed by atoms with Crippen LogP contribution in [0.5, 0.6) is 0 Å². The molecule has 0 unspecified atom stereocenters. The molecule has 0 fully saturated rings. The number of aliphatic carboxylic acids is 1. The molecule has 0 heterocycles. The Morgan fingerprint density at radius 2 is 1.83 bits per heavy atom. The summed E-state index contributed by atoms with van der Waals surface area (Å²) in [4.78, 5) is 23.7. The van der Waals surface area contributed by atoms with Crippen LogP contribution in [0.1, 0.15) is 30.4 Å². The summed E-state index contributed by atoms with van der Waals surface area (Å²) in [6, 6.07) is 14.7. The van der Waals surface area contributed by atoms with Crippen molar-refractivity contribution in [1.29, 1.82) is 0 Å². The minimum Gasteiger partial charge on any atom is -0.550 e. The van der Waals surface area contributed by atoms with Crippen LogP contribution in [0.2, 0.25) is 0 Å². The summed E-state index contributed by atoms with van der Waals surface area (Å²) in [5.41, 5.74) is 2.55. The van der Waals surface area contributed by atoms with Crippen molar-refractivity contribution in [2.75, 3.05) is 5.32 Å². The van der Waals surface area contributed by atoms with Gasteiger partial charge in [-0.05, 0) is 36.1 Å². The lowest BCUT2D eigenvalue weighted by Crippen LogP contribution is -2.36. The van der Waals surface area contributed by atoms with Crippen LogP contribution in [0.4, 0.5) is 5.69 Å². The Labute approximate surface area is 150 Å². The molecule has 0 bridgehead atoms. The van der Waals surface area contributed by atoms with E-state index in [4.69, 9.17) is 0 Å². The van der Waals surface area contributed by atoms with Gasteiger partial charge in [0, 0.05) is 28.5 Å². The largest absolute Gasteiger partial charge is 0.550 e. The summed E-state index contributed by atoms with van der Waals surface area (Å²) in [6.45, 7) is 3.74. The number of nitrogens with one attached hydrogen (secondary N) is 1. The lowest BCUT2D eigenvalue weighted by atomic mass is 9.85. The summed E-state index contributed by atoms with van der Waals surface area (Å²) >= 11 is 3.41. The minimum absolute atomic E-state index is 0.135. The number of carbonyl (C=O) groups excluding carboxylic acids is 2. The molecule has 24 heavy (non-hydrogen) atoms. The summed E-state index contributed by atoms with van der Waals surface area (Å²) in [7, 11) is 0. The van der Waals surface area contributed by atoms with E-state index in [1.165, 1.54) is 0 Å². The van der Waals surface area contributed by atoms with Gasteiger partial charge in [-0.25, -0.2) is 0 Å². The van der Waals surface area contributed by atoms with E-state index in [0.717, 1.165) is 15.6 Å². The van der Waals surface area contributed by atoms with Crippen LogP contribution in [0.25, 0.3) is 0 Å². The SMILES string of the molecule is Cc1ccc(NC(=O)C[C@H](C(=O)[O-])[C@@H](C)c2ccccc2)cc1Br. The third kappa shape index (κ3) is 4.68. The highest BCUT2D eigenvalue weighted by atomic mass is 79.9. The molecule has 0 spiro atoms. The van der Waals surface area contributed by atoms with Crippen molar-refractivity contribution in [3.63, 3.8) is 0 Å². The first-order valence-electron chi connectivity index (χ1n) is 7.70. The van der Waals surface area contributed by atoms with Gasteiger partial charge in [0.15, 0.2) is 0 Å². The fourth-order valence-corrected chi connectivity index (χ4v) is 2.91. The van der Waals surface area contributed by atoms with Crippen LogP contribution in [0.15, 0.2) is 53.0 Å². The van der Waals surface area contributed by atoms with Crippen molar-refractivity contribution in [3.8, 4) is 0 Å². The van der Waals surface area contributed by atoms with Gasteiger partial charge in [0.05, 0.1) is 0 Å². The van der Waals surface area contributed by atoms with Crippen molar-refractivity contribution in [1.82, 2.24) is 0 Å². The van der Waals surface area contributed by atoms with Crippen LogP contribution in [0.3, 0.4) is 0 Å². The summed E-state index contributed by atoms with van der Waals surface area (Å²) in [5.74, 6) is -2.76. The highest BCUT2D eigenvalue weighted by Gasteiger charge is 2.23. The fraction of sp³-hybridized carbons (Fsp3) is 0.263. The molecule has 4 nitrogen and oxygen atoms in total. The number of halogens is 1. The molecule has 0 radical (unpaired) electrons. The second-order valence-corrected chi connectivity index (χ2v) is 6.70. The second kappa shape index (κ2) is 8.11. The lowest BCUT2D eigenvalue weighted by molar-refractivity contribution is -0.312. The van der Waals surface area contributed by atoms with Gasteiger partial charge in [-0.3, -0.25) is 4.79 Å². The molecule has 1 N–H and O–H groups in total. The van der Waals surface area contributed by atoms with Gasteiger partial charge in [-0.1, -0.05) is 59.3 Å². The molecule has 5 heteroatoms. The molecular weight excluding hydrogens is 370 g/mol. The molecule has 0 aliphatic rings. The number of aryl methyl sites for hydroxylation is 1. The molecule has 0 saturated heterocycles. The number of carboxylic acid groups (broad SMARTS) is 1. The fourth-order valence-electron chi connectivity index (χ4n) is 2.54. The number of hydrogen-bond acceptors (Lipinski definition) is 3. The molecule has 0 aromatic heterocycles. The maximum absolute atomic E-state index is 12.2. The van der Waals surface area contributed by atoms with Gasteiger partial charge in [-0.2, -0.15) is 0 Å².